The van der Waals surface area contributed by atoms with E-state index in [0.29, 0.717) is 12.1 Å². The normalized spacial score (nSPS) is 14.0. The number of nitrogens with one attached hydrogen (secondary N) is 1. The topological polar surface area (TPSA) is 15.3 Å². The van der Waals surface area contributed by atoms with Gasteiger partial charge in [-0.25, -0.2) is 0 Å². The minimum absolute atomic E-state index is 0.397. The summed E-state index contributed by atoms with van der Waals surface area (Å²) in [6, 6.07) is 7.72. The van der Waals surface area contributed by atoms with Crippen LogP contribution in [0.2, 0.25) is 0 Å². The molecule has 0 saturated carbocycles. The third-order valence-corrected chi connectivity index (χ3v) is 5.28. The second-order valence-corrected chi connectivity index (χ2v) is 7.28. The SMILES string of the molecule is CCCNC(C)c1ccc(N(C)C(CC)CSC)c(Br)c1. The van der Waals surface area contributed by atoms with Gasteiger partial charge in [0.05, 0.1) is 5.69 Å². The molecule has 0 aromatic heterocycles. The number of nitrogens with zero attached hydrogens (tertiary/aromatic N) is 1. The molecule has 2 atom stereocenters. The molecule has 0 saturated heterocycles. The first-order valence-corrected chi connectivity index (χ1v) is 9.98. The van der Waals surface area contributed by atoms with Crippen molar-refractivity contribution >= 4 is 33.4 Å². The smallest absolute Gasteiger partial charge is 0.0511 e. The van der Waals surface area contributed by atoms with E-state index in [1.807, 2.05) is 11.8 Å². The molecule has 0 aliphatic rings. The lowest BCUT2D eigenvalue weighted by Crippen LogP contribution is -2.33. The zero-order chi connectivity index (χ0) is 15.8. The van der Waals surface area contributed by atoms with Crippen molar-refractivity contribution in [3.8, 4) is 0 Å². The van der Waals surface area contributed by atoms with E-state index in [1.165, 1.54) is 28.6 Å². The molecule has 0 aliphatic carbocycles. The van der Waals surface area contributed by atoms with Crippen molar-refractivity contribution in [1.29, 1.82) is 0 Å². The Morgan fingerprint density at radius 2 is 2.05 bits per heavy atom. The van der Waals surface area contributed by atoms with Gasteiger partial charge in [0.15, 0.2) is 0 Å². The van der Waals surface area contributed by atoms with Crippen LogP contribution in [0.15, 0.2) is 22.7 Å². The zero-order valence-electron chi connectivity index (χ0n) is 13.9. The van der Waals surface area contributed by atoms with Crippen LogP contribution in [0.3, 0.4) is 0 Å². The summed E-state index contributed by atoms with van der Waals surface area (Å²) in [5, 5.41) is 3.54. The first-order valence-electron chi connectivity index (χ1n) is 7.79. The summed E-state index contributed by atoms with van der Waals surface area (Å²) < 4.78 is 1.19. The van der Waals surface area contributed by atoms with Crippen molar-refractivity contribution in [2.75, 3.05) is 30.5 Å². The van der Waals surface area contributed by atoms with Crippen molar-refractivity contribution in [3.05, 3.63) is 28.2 Å². The van der Waals surface area contributed by atoms with Crippen molar-refractivity contribution in [1.82, 2.24) is 5.32 Å². The maximum Gasteiger partial charge on any atom is 0.0511 e. The van der Waals surface area contributed by atoms with Gasteiger partial charge < -0.3 is 10.2 Å². The van der Waals surface area contributed by atoms with Gasteiger partial charge in [0, 0.05) is 29.4 Å². The molecule has 4 heteroatoms. The van der Waals surface area contributed by atoms with E-state index in [2.05, 4.69) is 78.4 Å². The number of anilines is 1. The minimum Gasteiger partial charge on any atom is -0.370 e. The molecule has 0 aliphatic heterocycles. The van der Waals surface area contributed by atoms with Crippen LogP contribution in [-0.2, 0) is 0 Å². The third-order valence-electron chi connectivity index (χ3n) is 3.93. The molecule has 120 valence electrons. The molecular weight excluding hydrogens is 344 g/mol. The molecule has 0 bridgehead atoms. The second kappa shape index (κ2) is 9.75. The van der Waals surface area contributed by atoms with Crippen LogP contribution in [-0.4, -0.2) is 31.6 Å². The average molecular weight is 373 g/mol. The summed E-state index contributed by atoms with van der Waals surface area (Å²) in [6.45, 7) is 7.75. The fourth-order valence-electron chi connectivity index (χ4n) is 2.45. The Morgan fingerprint density at radius 3 is 2.57 bits per heavy atom. The van der Waals surface area contributed by atoms with E-state index < -0.39 is 0 Å². The minimum atomic E-state index is 0.397. The van der Waals surface area contributed by atoms with Gasteiger partial charge in [0.25, 0.3) is 0 Å². The highest BCUT2D eigenvalue weighted by molar-refractivity contribution is 9.10. The van der Waals surface area contributed by atoms with Crippen molar-refractivity contribution in [2.24, 2.45) is 0 Å². The highest BCUT2D eigenvalue weighted by atomic mass is 79.9. The highest BCUT2D eigenvalue weighted by Crippen LogP contribution is 2.30. The monoisotopic (exact) mass is 372 g/mol. The number of benzene rings is 1. The number of hydrogen-bond donors (Lipinski definition) is 1. The Bertz CT molecular complexity index is 425. The Labute approximate surface area is 143 Å². The molecule has 0 amide bonds. The van der Waals surface area contributed by atoms with Gasteiger partial charge in [-0.15, -0.1) is 0 Å². The molecule has 0 radical (unpaired) electrons. The predicted molar refractivity (Wildman–Crippen MR) is 102 cm³/mol. The van der Waals surface area contributed by atoms with Gasteiger partial charge >= 0.3 is 0 Å². The second-order valence-electron chi connectivity index (χ2n) is 5.51. The van der Waals surface area contributed by atoms with Crippen LogP contribution in [0, 0.1) is 0 Å². The Balaban J connectivity index is 2.86. The van der Waals surface area contributed by atoms with Gasteiger partial charge in [0.2, 0.25) is 0 Å². The van der Waals surface area contributed by atoms with Crippen LogP contribution in [0.25, 0.3) is 0 Å². The summed E-state index contributed by atoms with van der Waals surface area (Å²) in [5.74, 6) is 1.16. The predicted octanol–water partition coefficient (Wildman–Crippen LogP) is 5.09. The maximum atomic E-state index is 3.76. The van der Waals surface area contributed by atoms with Crippen molar-refractivity contribution in [2.45, 2.75) is 45.7 Å². The molecule has 1 N–H and O–H groups in total. The number of thioether (sulfide) groups is 1. The molecule has 2 unspecified atom stereocenters. The molecule has 1 aromatic carbocycles. The maximum absolute atomic E-state index is 3.76. The van der Waals surface area contributed by atoms with Gasteiger partial charge in [0.1, 0.15) is 0 Å². The molecule has 2 nitrogen and oxygen atoms in total. The fourth-order valence-corrected chi connectivity index (χ4v) is 3.97. The third kappa shape index (κ3) is 5.50. The van der Waals surface area contributed by atoms with Gasteiger partial charge in [-0.05, 0) is 66.2 Å². The first kappa shape index (κ1) is 18.9. The number of halogens is 1. The zero-order valence-corrected chi connectivity index (χ0v) is 16.4. The standard InChI is InChI=1S/C17H29BrN2S/c1-6-10-19-13(3)14-8-9-17(16(18)11-14)20(4)15(7-2)12-21-5/h8-9,11,13,15,19H,6-7,10,12H2,1-5H3. The van der Waals surface area contributed by atoms with Crippen molar-refractivity contribution < 1.29 is 0 Å². The lowest BCUT2D eigenvalue weighted by atomic mass is 10.1. The van der Waals surface area contributed by atoms with Gasteiger partial charge in [-0.2, -0.15) is 11.8 Å². The lowest BCUT2D eigenvalue weighted by molar-refractivity contribution is 0.570. The summed E-state index contributed by atoms with van der Waals surface area (Å²) in [4.78, 5) is 2.40. The van der Waals surface area contributed by atoms with Crippen LogP contribution in [0.1, 0.15) is 45.2 Å². The first-order chi connectivity index (χ1) is 10.0. The Morgan fingerprint density at radius 1 is 1.33 bits per heavy atom. The average Bonchev–Trinajstić information content (AvgIpc) is 2.49. The summed E-state index contributed by atoms with van der Waals surface area (Å²) in [6.07, 6.45) is 4.51. The molecule has 0 fully saturated rings. The van der Waals surface area contributed by atoms with Crippen molar-refractivity contribution in [3.63, 3.8) is 0 Å². The Kier molecular flexibility index (Phi) is 8.76. The summed E-state index contributed by atoms with van der Waals surface area (Å²) >= 11 is 5.67. The van der Waals surface area contributed by atoms with Crippen LogP contribution in [0.4, 0.5) is 5.69 Å². The highest BCUT2D eigenvalue weighted by Gasteiger charge is 2.16. The van der Waals surface area contributed by atoms with Crippen LogP contribution >= 0.6 is 27.7 Å². The molecular formula is C17H29BrN2S. The van der Waals surface area contributed by atoms with Gasteiger partial charge in [-0.3, -0.25) is 0 Å². The molecule has 21 heavy (non-hydrogen) atoms. The van der Waals surface area contributed by atoms with Crippen LogP contribution in [0.5, 0.6) is 0 Å². The van der Waals surface area contributed by atoms with E-state index in [1.54, 1.807) is 0 Å². The summed E-state index contributed by atoms with van der Waals surface area (Å²) in [7, 11) is 2.20. The largest absolute Gasteiger partial charge is 0.370 e. The molecule has 0 heterocycles. The molecule has 1 rings (SSSR count). The van der Waals surface area contributed by atoms with E-state index in [4.69, 9.17) is 0 Å². The number of hydrogen-bond acceptors (Lipinski definition) is 3. The van der Waals surface area contributed by atoms with Crippen LogP contribution < -0.4 is 10.2 Å². The molecule has 0 spiro atoms. The fraction of sp³-hybridized carbons (Fsp3) is 0.647. The van der Waals surface area contributed by atoms with E-state index in [9.17, 15) is 0 Å². The Hall–Kier alpha value is -0.190. The van der Waals surface area contributed by atoms with Gasteiger partial charge in [-0.1, -0.05) is 19.9 Å². The summed E-state index contributed by atoms with van der Waals surface area (Å²) in [5.41, 5.74) is 2.62. The quantitative estimate of drug-likeness (QED) is 0.649. The number of rotatable bonds is 9. The van der Waals surface area contributed by atoms with E-state index >= 15 is 0 Å². The molecule has 1 aromatic rings. The van der Waals surface area contributed by atoms with E-state index in [0.717, 1.165) is 12.3 Å². The lowest BCUT2D eigenvalue weighted by Gasteiger charge is -2.30. The van der Waals surface area contributed by atoms with E-state index in [-0.39, 0.29) is 0 Å².